The van der Waals surface area contributed by atoms with Crippen LogP contribution >= 0.6 is 11.6 Å². The average Bonchev–Trinajstić information content (AvgIpc) is 3.29. The van der Waals surface area contributed by atoms with Gasteiger partial charge in [-0.2, -0.15) is 18.3 Å². The van der Waals surface area contributed by atoms with Gasteiger partial charge in [0.1, 0.15) is 17.3 Å². The van der Waals surface area contributed by atoms with E-state index >= 15 is 0 Å². The van der Waals surface area contributed by atoms with Crippen LogP contribution in [0, 0.1) is 0 Å². The number of fused-ring (bicyclic) bond motifs is 1. The van der Waals surface area contributed by atoms with Crippen LogP contribution in [0.15, 0.2) is 36.4 Å². The highest BCUT2D eigenvalue weighted by Gasteiger charge is 2.36. The Bertz CT molecular complexity index is 1060. The highest BCUT2D eigenvalue weighted by molar-refractivity contribution is 6.30. The zero-order chi connectivity index (χ0) is 20.8. The molecule has 0 saturated heterocycles. The second kappa shape index (κ2) is 7.18. The third-order valence-corrected chi connectivity index (χ3v) is 5.00. The molecule has 0 spiro atoms. The molecular formula is C20H17ClF3N3O2. The lowest BCUT2D eigenvalue weighted by molar-refractivity contribution is -0.137. The van der Waals surface area contributed by atoms with Gasteiger partial charge in [0.2, 0.25) is 0 Å². The summed E-state index contributed by atoms with van der Waals surface area (Å²) in [6.07, 6.45) is -3.93. The van der Waals surface area contributed by atoms with Crippen LogP contribution in [-0.4, -0.2) is 30.5 Å². The van der Waals surface area contributed by atoms with Gasteiger partial charge in [-0.3, -0.25) is 0 Å². The van der Waals surface area contributed by atoms with E-state index in [0.717, 1.165) is 11.6 Å². The van der Waals surface area contributed by atoms with Gasteiger partial charge in [0.15, 0.2) is 0 Å². The lowest BCUT2D eigenvalue weighted by atomic mass is 10.1. The smallest absolute Gasteiger partial charge is 0.418 e. The molecule has 152 valence electrons. The lowest BCUT2D eigenvalue weighted by Gasteiger charge is -2.15. The fourth-order valence-corrected chi connectivity index (χ4v) is 3.62. The summed E-state index contributed by atoms with van der Waals surface area (Å²) < 4.78 is 52.8. The molecule has 3 aromatic rings. The molecule has 0 aliphatic carbocycles. The number of nitrogens with zero attached hydrogens (tertiary/aromatic N) is 2. The van der Waals surface area contributed by atoms with Gasteiger partial charge in [-0.25, -0.2) is 4.68 Å². The maximum atomic E-state index is 13.6. The zero-order valence-electron chi connectivity index (χ0n) is 15.6. The summed E-state index contributed by atoms with van der Waals surface area (Å²) in [4.78, 5) is 0. The number of anilines is 1. The molecule has 0 atom stereocenters. The summed E-state index contributed by atoms with van der Waals surface area (Å²) in [5.74, 6) is 1.67. The van der Waals surface area contributed by atoms with Gasteiger partial charge in [-0.05, 0) is 36.8 Å². The highest BCUT2D eigenvalue weighted by atomic mass is 35.5. The van der Waals surface area contributed by atoms with Crippen LogP contribution in [-0.2, 0) is 12.6 Å². The number of methoxy groups -OCH3 is 2. The number of rotatable bonds is 4. The molecule has 1 N–H and O–H groups in total. The van der Waals surface area contributed by atoms with Crippen molar-refractivity contribution in [2.75, 3.05) is 26.1 Å². The van der Waals surface area contributed by atoms with Gasteiger partial charge < -0.3 is 14.8 Å². The van der Waals surface area contributed by atoms with Crippen molar-refractivity contribution < 1.29 is 22.6 Å². The molecule has 2 heterocycles. The normalized spacial score (nSPS) is 13.2. The molecule has 2 aromatic carbocycles. The lowest BCUT2D eigenvalue weighted by Crippen LogP contribution is -2.13. The molecule has 0 fully saturated rings. The van der Waals surface area contributed by atoms with E-state index < -0.39 is 11.7 Å². The highest BCUT2D eigenvalue weighted by Crippen LogP contribution is 2.41. The SMILES string of the molecule is COc1cc(OC)cc(-c2nn(-c3ccc(Cl)cc3C(F)(F)F)c3c2CCN3)c1. The molecular weight excluding hydrogens is 407 g/mol. The molecule has 5 nitrogen and oxygen atoms in total. The van der Waals surface area contributed by atoms with E-state index in [1.165, 1.54) is 31.0 Å². The molecule has 0 amide bonds. The first-order valence-corrected chi connectivity index (χ1v) is 9.16. The molecule has 1 aliphatic heterocycles. The maximum Gasteiger partial charge on any atom is 0.418 e. The fraction of sp³-hybridized carbons (Fsp3) is 0.250. The summed E-state index contributed by atoms with van der Waals surface area (Å²) in [5.41, 5.74) is 1.17. The Morgan fingerprint density at radius 2 is 1.76 bits per heavy atom. The van der Waals surface area contributed by atoms with Gasteiger partial charge in [-0.1, -0.05) is 11.6 Å². The molecule has 0 bridgehead atoms. The van der Waals surface area contributed by atoms with Gasteiger partial charge >= 0.3 is 6.18 Å². The molecule has 29 heavy (non-hydrogen) atoms. The second-order valence-corrected chi connectivity index (χ2v) is 6.96. The summed E-state index contributed by atoms with van der Waals surface area (Å²) in [5, 5.41) is 7.68. The van der Waals surface area contributed by atoms with Crippen molar-refractivity contribution in [3.05, 3.63) is 52.5 Å². The van der Waals surface area contributed by atoms with Crippen molar-refractivity contribution >= 4 is 17.4 Å². The van der Waals surface area contributed by atoms with Gasteiger partial charge in [0.25, 0.3) is 0 Å². The van der Waals surface area contributed by atoms with Crippen LogP contribution in [0.25, 0.3) is 16.9 Å². The van der Waals surface area contributed by atoms with Crippen LogP contribution in [0.4, 0.5) is 19.0 Å². The standard InChI is InChI=1S/C20H17ClF3N3O2/c1-28-13-7-11(8-14(10-13)29-2)18-15-5-6-25-19(15)27(26-18)17-4-3-12(21)9-16(17)20(22,23)24/h3-4,7-10,25H,5-6H2,1-2H3. The minimum atomic E-state index is -4.57. The van der Waals surface area contributed by atoms with E-state index in [-0.39, 0.29) is 10.7 Å². The minimum Gasteiger partial charge on any atom is -0.497 e. The second-order valence-electron chi connectivity index (χ2n) is 6.52. The molecule has 0 saturated carbocycles. The van der Waals surface area contributed by atoms with E-state index in [1.54, 1.807) is 18.2 Å². The quantitative estimate of drug-likeness (QED) is 0.627. The molecule has 1 aromatic heterocycles. The van der Waals surface area contributed by atoms with Crippen molar-refractivity contribution in [3.63, 3.8) is 0 Å². The van der Waals surface area contributed by atoms with Crippen LogP contribution in [0.2, 0.25) is 5.02 Å². The number of nitrogens with one attached hydrogen (secondary N) is 1. The topological polar surface area (TPSA) is 48.3 Å². The number of halogens is 4. The number of ether oxygens (including phenoxy) is 2. The minimum absolute atomic E-state index is 0.00981. The van der Waals surface area contributed by atoms with E-state index in [9.17, 15) is 13.2 Å². The predicted octanol–water partition coefficient (Wildman–Crippen LogP) is 5.20. The number of hydrogen-bond acceptors (Lipinski definition) is 4. The molecule has 0 radical (unpaired) electrons. The van der Waals surface area contributed by atoms with Crippen molar-refractivity contribution in [2.24, 2.45) is 0 Å². The van der Waals surface area contributed by atoms with Crippen LogP contribution in [0.5, 0.6) is 11.5 Å². The number of aromatic nitrogens is 2. The predicted molar refractivity (Wildman–Crippen MR) is 104 cm³/mol. The number of hydrogen-bond donors (Lipinski definition) is 1. The van der Waals surface area contributed by atoms with Crippen molar-refractivity contribution in [2.45, 2.75) is 12.6 Å². The monoisotopic (exact) mass is 423 g/mol. The van der Waals surface area contributed by atoms with Crippen molar-refractivity contribution in [1.82, 2.24) is 9.78 Å². The maximum absolute atomic E-state index is 13.6. The first-order chi connectivity index (χ1) is 13.8. The van der Waals surface area contributed by atoms with E-state index in [2.05, 4.69) is 10.4 Å². The Labute approximate surface area is 170 Å². The first-order valence-electron chi connectivity index (χ1n) is 8.78. The van der Waals surface area contributed by atoms with Crippen LogP contribution in [0.3, 0.4) is 0 Å². The Morgan fingerprint density at radius 1 is 1.07 bits per heavy atom. The molecule has 4 rings (SSSR count). The van der Waals surface area contributed by atoms with Gasteiger partial charge in [0, 0.05) is 28.8 Å². The Balaban J connectivity index is 1.93. The van der Waals surface area contributed by atoms with E-state index in [0.29, 0.717) is 41.5 Å². The summed E-state index contributed by atoms with van der Waals surface area (Å²) in [6, 6.07) is 8.94. The Hall–Kier alpha value is -2.87. The zero-order valence-corrected chi connectivity index (χ0v) is 16.4. The van der Waals surface area contributed by atoms with Crippen LogP contribution < -0.4 is 14.8 Å². The van der Waals surface area contributed by atoms with Gasteiger partial charge in [0.05, 0.1) is 31.2 Å². The number of alkyl halides is 3. The summed E-state index contributed by atoms with van der Waals surface area (Å²) in [6.45, 7) is 0.607. The largest absolute Gasteiger partial charge is 0.497 e. The van der Waals surface area contributed by atoms with Crippen molar-refractivity contribution in [3.8, 4) is 28.4 Å². The third-order valence-electron chi connectivity index (χ3n) is 4.77. The fourth-order valence-electron chi connectivity index (χ4n) is 3.45. The average molecular weight is 424 g/mol. The van der Waals surface area contributed by atoms with E-state index in [4.69, 9.17) is 21.1 Å². The van der Waals surface area contributed by atoms with Crippen molar-refractivity contribution in [1.29, 1.82) is 0 Å². The molecule has 9 heteroatoms. The summed E-state index contributed by atoms with van der Waals surface area (Å²) >= 11 is 5.82. The molecule has 0 unspecified atom stereocenters. The number of benzene rings is 2. The Morgan fingerprint density at radius 3 is 2.38 bits per heavy atom. The summed E-state index contributed by atoms with van der Waals surface area (Å²) in [7, 11) is 3.07. The first kappa shape index (κ1) is 19.4. The molecule has 1 aliphatic rings. The van der Waals surface area contributed by atoms with Gasteiger partial charge in [-0.15, -0.1) is 0 Å². The van der Waals surface area contributed by atoms with E-state index in [1.807, 2.05) is 0 Å². The Kier molecular flexibility index (Phi) is 4.82. The third kappa shape index (κ3) is 3.48. The van der Waals surface area contributed by atoms with Crippen LogP contribution in [0.1, 0.15) is 11.1 Å².